The zero-order chi connectivity index (χ0) is 22.7. The number of benzene rings is 1. The predicted molar refractivity (Wildman–Crippen MR) is 131 cm³/mol. The first-order valence-corrected chi connectivity index (χ1v) is 11.5. The molecule has 4 aromatic rings. The Hall–Kier alpha value is -2.94. The van der Waals surface area contributed by atoms with Crippen LogP contribution >= 0.6 is 0 Å². The molecule has 1 aliphatic carbocycles. The van der Waals surface area contributed by atoms with Gasteiger partial charge in [-0.1, -0.05) is 19.6 Å². The Morgan fingerprint density at radius 3 is 2.74 bits per heavy atom. The highest BCUT2D eigenvalue weighted by atomic mass is 19.1. The van der Waals surface area contributed by atoms with Crippen molar-refractivity contribution in [2.75, 3.05) is 19.7 Å². The molecule has 1 saturated carbocycles. The van der Waals surface area contributed by atoms with E-state index in [4.69, 9.17) is 10.7 Å². The van der Waals surface area contributed by atoms with E-state index in [2.05, 4.69) is 34.3 Å². The van der Waals surface area contributed by atoms with E-state index in [1.54, 1.807) is 0 Å². The summed E-state index contributed by atoms with van der Waals surface area (Å²) in [7, 11) is 0. The lowest BCUT2D eigenvalue weighted by Gasteiger charge is -2.24. The molecular formula is C26H31FN6O. The predicted octanol–water partition coefficient (Wildman–Crippen LogP) is 3.84. The van der Waals surface area contributed by atoms with Crippen LogP contribution in [0.5, 0.6) is 0 Å². The van der Waals surface area contributed by atoms with Gasteiger partial charge in [-0.25, -0.2) is 9.37 Å². The highest BCUT2D eigenvalue weighted by Crippen LogP contribution is 2.50. The van der Waals surface area contributed by atoms with Crippen LogP contribution in [0.4, 0.5) is 4.39 Å². The van der Waals surface area contributed by atoms with Gasteiger partial charge >= 0.3 is 0 Å². The molecule has 0 spiro atoms. The van der Waals surface area contributed by atoms with E-state index in [0.29, 0.717) is 17.0 Å². The second kappa shape index (κ2) is 8.37. The summed E-state index contributed by atoms with van der Waals surface area (Å²) in [6.45, 7) is 4.08. The van der Waals surface area contributed by atoms with Crippen LogP contribution in [0, 0.1) is 5.82 Å². The van der Waals surface area contributed by atoms with Crippen LogP contribution in [0.3, 0.4) is 0 Å². The highest BCUT2D eigenvalue weighted by Gasteiger charge is 2.45. The maximum Gasteiger partial charge on any atom is 0.187 e. The van der Waals surface area contributed by atoms with E-state index in [1.165, 1.54) is 17.7 Å². The minimum absolute atomic E-state index is 0. The van der Waals surface area contributed by atoms with Crippen molar-refractivity contribution in [2.45, 2.75) is 51.1 Å². The first kappa shape index (κ1) is 22.8. The Bertz CT molecular complexity index is 1360. The molecule has 2 aliphatic rings. The number of fused-ring (bicyclic) bond motifs is 2. The summed E-state index contributed by atoms with van der Waals surface area (Å²) in [5.41, 5.74) is 9.79. The molecule has 8 heteroatoms. The number of aromatic nitrogens is 4. The van der Waals surface area contributed by atoms with Gasteiger partial charge in [-0.2, -0.15) is 0 Å². The summed E-state index contributed by atoms with van der Waals surface area (Å²) < 4.78 is 16.3. The van der Waals surface area contributed by atoms with Crippen molar-refractivity contribution in [3.05, 3.63) is 59.5 Å². The molecule has 1 aliphatic heterocycles. The van der Waals surface area contributed by atoms with Gasteiger partial charge in [0.05, 0.1) is 12.1 Å². The van der Waals surface area contributed by atoms with E-state index in [9.17, 15) is 9.50 Å². The Morgan fingerprint density at radius 1 is 1.21 bits per heavy atom. The number of halogens is 1. The van der Waals surface area contributed by atoms with E-state index in [0.717, 1.165) is 48.9 Å². The van der Waals surface area contributed by atoms with Gasteiger partial charge < -0.3 is 10.8 Å². The van der Waals surface area contributed by atoms with Gasteiger partial charge in [-0.05, 0) is 61.6 Å². The summed E-state index contributed by atoms with van der Waals surface area (Å²) in [5, 5.41) is 19.4. The van der Waals surface area contributed by atoms with Crippen LogP contribution in [0.25, 0.3) is 28.1 Å². The molecule has 0 radical (unpaired) electrons. The fourth-order valence-corrected chi connectivity index (χ4v) is 5.10. The number of likely N-dealkylation sites (tertiary alicyclic amines) is 1. The Morgan fingerprint density at radius 2 is 2.03 bits per heavy atom. The monoisotopic (exact) mass is 462 g/mol. The minimum atomic E-state index is -0.391. The summed E-state index contributed by atoms with van der Waals surface area (Å²) in [5.74, 6) is 0.336. The smallest absolute Gasteiger partial charge is 0.187 e. The molecule has 34 heavy (non-hydrogen) atoms. The van der Waals surface area contributed by atoms with Crippen LogP contribution < -0.4 is 5.73 Å². The highest BCUT2D eigenvalue weighted by molar-refractivity contribution is 5.85. The van der Waals surface area contributed by atoms with Crippen LogP contribution in [-0.2, 0) is 5.41 Å². The van der Waals surface area contributed by atoms with E-state index in [-0.39, 0.29) is 31.9 Å². The fourth-order valence-electron chi connectivity index (χ4n) is 5.10. The SMILES string of the molecule is C.C[C@@H](c1ccc2nnc(-c3ccc4cc(F)cc(C5(CO)CC5)c4n3)n2c1)N1CC[C@H](N)C1. The third-order valence-electron chi connectivity index (χ3n) is 7.43. The number of nitrogens with two attached hydrogens (primary N) is 1. The molecule has 0 unspecified atom stereocenters. The first-order valence-electron chi connectivity index (χ1n) is 11.5. The molecule has 7 nitrogen and oxygen atoms in total. The van der Waals surface area contributed by atoms with Gasteiger partial charge in [-0.3, -0.25) is 9.30 Å². The van der Waals surface area contributed by atoms with Crippen molar-refractivity contribution in [1.82, 2.24) is 24.5 Å². The van der Waals surface area contributed by atoms with Gasteiger partial charge in [0.1, 0.15) is 11.5 Å². The van der Waals surface area contributed by atoms with Crippen molar-refractivity contribution >= 4 is 16.6 Å². The number of hydrogen-bond donors (Lipinski definition) is 2. The number of aliphatic hydroxyl groups excluding tert-OH is 1. The topological polar surface area (TPSA) is 92.6 Å². The fraction of sp³-hybridized carbons (Fsp3) is 0.423. The normalized spacial score (nSPS) is 20.5. The molecule has 6 rings (SSSR count). The number of hydrogen-bond acceptors (Lipinski definition) is 6. The zero-order valence-electron chi connectivity index (χ0n) is 18.6. The maximum absolute atomic E-state index is 14.3. The van der Waals surface area contributed by atoms with E-state index >= 15 is 0 Å². The molecule has 1 saturated heterocycles. The van der Waals surface area contributed by atoms with Gasteiger partial charge in [0.25, 0.3) is 0 Å². The van der Waals surface area contributed by atoms with Crippen molar-refractivity contribution in [3.63, 3.8) is 0 Å². The maximum atomic E-state index is 14.3. The molecule has 178 valence electrons. The molecule has 2 atom stereocenters. The number of nitrogens with zero attached hydrogens (tertiary/aromatic N) is 5. The number of rotatable bonds is 5. The molecule has 3 N–H and O–H groups in total. The number of aliphatic hydroxyl groups is 1. The quantitative estimate of drug-likeness (QED) is 0.468. The van der Waals surface area contributed by atoms with Crippen molar-refractivity contribution in [3.8, 4) is 11.5 Å². The summed E-state index contributed by atoms with van der Waals surface area (Å²) >= 11 is 0. The van der Waals surface area contributed by atoms with Crippen LogP contribution in [0.15, 0.2) is 42.6 Å². The molecule has 0 amide bonds. The molecule has 4 heterocycles. The zero-order valence-corrected chi connectivity index (χ0v) is 18.6. The lowest BCUT2D eigenvalue weighted by Crippen LogP contribution is -2.28. The second-order valence-electron chi connectivity index (χ2n) is 9.59. The van der Waals surface area contributed by atoms with Crippen molar-refractivity contribution in [1.29, 1.82) is 0 Å². The van der Waals surface area contributed by atoms with Gasteiger partial charge in [0, 0.05) is 42.2 Å². The molecular weight excluding hydrogens is 431 g/mol. The Balaban J connectivity index is 0.00000241. The average molecular weight is 463 g/mol. The molecule has 3 aromatic heterocycles. The van der Waals surface area contributed by atoms with Crippen LogP contribution in [-0.4, -0.2) is 55.3 Å². The number of pyridine rings is 2. The largest absolute Gasteiger partial charge is 0.395 e. The first-order chi connectivity index (χ1) is 16.0. The van der Waals surface area contributed by atoms with Crippen molar-refractivity contribution < 1.29 is 9.50 Å². The van der Waals surface area contributed by atoms with Crippen LogP contribution in [0.2, 0.25) is 0 Å². The van der Waals surface area contributed by atoms with E-state index in [1.807, 2.05) is 22.6 Å². The van der Waals surface area contributed by atoms with Crippen LogP contribution in [0.1, 0.15) is 50.8 Å². The van der Waals surface area contributed by atoms with Gasteiger partial charge in [0.15, 0.2) is 11.5 Å². The third-order valence-corrected chi connectivity index (χ3v) is 7.43. The average Bonchev–Trinajstić information content (AvgIpc) is 3.32. The lowest BCUT2D eigenvalue weighted by atomic mass is 9.94. The summed E-state index contributed by atoms with van der Waals surface area (Å²) in [4.78, 5) is 7.29. The summed E-state index contributed by atoms with van der Waals surface area (Å²) in [6, 6.07) is 11.3. The minimum Gasteiger partial charge on any atom is -0.395 e. The molecule has 1 aromatic carbocycles. The summed E-state index contributed by atoms with van der Waals surface area (Å²) in [6.07, 6.45) is 4.77. The third kappa shape index (κ3) is 3.66. The van der Waals surface area contributed by atoms with Gasteiger partial charge in [-0.15, -0.1) is 10.2 Å². The standard InChI is InChI=1S/C25H27FN6O.CH4/c1-15(31-9-6-19(27)13-31)17-3-5-22-29-30-24(32(22)12-17)21-4-2-16-10-18(26)11-20(23(16)28-21)25(14-33)7-8-25;/h2-5,10-12,15,19,33H,6-9,13-14,27H2,1H3;1H4/t15-,19-;/m0./s1. The molecule has 2 fully saturated rings. The Labute approximate surface area is 198 Å². The van der Waals surface area contributed by atoms with E-state index < -0.39 is 5.41 Å². The molecule has 0 bridgehead atoms. The second-order valence-corrected chi connectivity index (χ2v) is 9.59. The lowest BCUT2D eigenvalue weighted by molar-refractivity contribution is 0.255. The Kier molecular flexibility index (Phi) is 5.62. The van der Waals surface area contributed by atoms with Gasteiger partial charge in [0.2, 0.25) is 0 Å². The van der Waals surface area contributed by atoms with Crippen molar-refractivity contribution in [2.24, 2.45) is 5.73 Å².